The summed E-state index contributed by atoms with van der Waals surface area (Å²) < 4.78 is 5.57. The molecule has 0 heterocycles. The monoisotopic (exact) mass is 298 g/mol. The molecule has 0 saturated heterocycles. The van der Waals surface area contributed by atoms with Gasteiger partial charge in [0.15, 0.2) is 0 Å². The van der Waals surface area contributed by atoms with Gasteiger partial charge < -0.3 is 15.4 Å². The van der Waals surface area contributed by atoms with Crippen LogP contribution >= 0.6 is 0 Å². The second-order valence-corrected chi connectivity index (χ2v) is 5.53. The van der Waals surface area contributed by atoms with Crippen molar-refractivity contribution in [3.05, 3.63) is 53.6 Å². The topological polar surface area (TPSA) is 33.3 Å². The molecule has 2 aromatic rings. The Morgan fingerprint density at radius 3 is 2.09 bits per heavy atom. The molecule has 2 N–H and O–H groups in total. The second-order valence-electron chi connectivity index (χ2n) is 5.53. The molecule has 118 valence electrons. The van der Waals surface area contributed by atoms with Crippen molar-refractivity contribution in [2.45, 2.75) is 27.2 Å². The highest BCUT2D eigenvalue weighted by Gasteiger charge is 1.97. The first-order valence-corrected chi connectivity index (χ1v) is 7.97. The van der Waals surface area contributed by atoms with E-state index in [0.29, 0.717) is 0 Å². The normalized spacial score (nSPS) is 10.3. The molecule has 0 bridgehead atoms. The SMILES string of the molecule is CCCOc1ccc(NCCNc2ccc(C)c(C)c2)cc1. The fraction of sp³-hybridized carbons (Fsp3) is 0.368. The summed E-state index contributed by atoms with van der Waals surface area (Å²) in [6, 6.07) is 14.6. The van der Waals surface area contributed by atoms with Gasteiger partial charge >= 0.3 is 0 Å². The minimum Gasteiger partial charge on any atom is -0.494 e. The van der Waals surface area contributed by atoms with Gasteiger partial charge in [-0.2, -0.15) is 0 Å². The second kappa shape index (κ2) is 8.32. The van der Waals surface area contributed by atoms with Crippen molar-refractivity contribution in [3.8, 4) is 5.75 Å². The third kappa shape index (κ3) is 4.99. The number of rotatable bonds is 8. The fourth-order valence-corrected chi connectivity index (χ4v) is 2.15. The quantitative estimate of drug-likeness (QED) is 0.698. The highest BCUT2D eigenvalue weighted by molar-refractivity contribution is 5.49. The number of hydrogen-bond donors (Lipinski definition) is 2. The van der Waals surface area contributed by atoms with Crippen LogP contribution in [-0.4, -0.2) is 19.7 Å². The van der Waals surface area contributed by atoms with E-state index in [-0.39, 0.29) is 0 Å². The Hall–Kier alpha value is -2.16. The Bertz CT molecular complexity index is 578. The van der Waals surface area contributed by atoms with Gasteiger partial charge in [0.2, 0.25) is 0 Å². The van der Waals surface area contributed by atoms with E-state index in [4.69, 9.17) is 4.74 Å². The molecule has 2 aromatic carbocycles. The highest BCUT2D eigenvalue weighted by atomic mass is 16.5. The third-order valence-corrected chi connectivity index (χ3v) is 3.62. The van der Waals surface area contributed by atoms with Crippen LogP contribution in [0.4, 0.5) is 11.4 Å². The van der Waals surface area contributed by atoms with Gasteiger partial charge in [0.1, 0.15) is 5.75 Å². The van der Waals surface area contributed by atoms with E-state index in [0.717, 1.165) is 37.6 Å². The van der Waals surface area contributed by atoms with E-state index in [2.05, 4.69) is 61.7 Å². The molecule has 0 radical (unpaired) electrons. The molecule has 2 rings (SSSR count). The highest BCUT2D eigenvalue weighted by Crippen LogP contribution is 2.16. The number of aryl methyl sites for hydroxylation is 2. The lowest BCUT2D eigenvalue weighted by molar-refractivity contribution is 0.317. The summed E-state index contributed by atoms with van der Waals surface area (Å²) in [4.78, 5) is 0. The lowest BCUT2D eigenvalue weighted by Gasteiger charge is -2.11. The average Bonchev–Trinajstić information content (AvgIpc) is 2.54. The van der Waals surface area contributed by atoms with Gasteiger partial charge in [-0.25, -0.2) is 0 Å². The minimum absolute atomic E-state index is 0.770. The molecule has 0 amide bonds. The van der Waals surface area contributed by atoms with Crippen LogP contribution in [0.3, 0.4) is 0 Å². The Morgan fingerprint density at radius 2 is 1.45 bits per heavy atom. The number of hydrogen-bond acceptors (Lipinski definition) is 3. The smallest absolute Gasteiger partial charge is 0.119 e. The molecule has 0 aliphatic carbocycles. The summed E-state index contributed by atoms with van der Waals surface area (Å²) in [5, 5.41) is 6.84. The zero-order valence-corrected chi connectivity index (χ0v) is 13.8. The number of ether oxygens (including phenoxy) is 1. The first-order valence-electron chi connectivity index (χ1n) is 7.97. The van der Waals surface area contributed by atoms with E-state index in [9.17, 15) is 0 Å². The Labute approximate surface area is 133 Å². The molecular formula is C19H26N2O. The summed E-state index contributed by atoms with van der Waals surface area (Å²) in [5.74, 6) is 0.931. The van der Waals surface area contributed by atoms with Crippen LogP contribution in [0.5, 0.6) is 5.75 Å². The van der Waals surface area contributed by atoms with Crippen molar-refractivity contribution >= 4 is 11.4 Å². The number of anilines is 2. The molecule has 22 heavy (non-hydrogen) atoms. The van der Waals surface area contributed by atoms with Crippen molar-refractivity contribution in [2.75, 3.05) is 30.3 Å². The van der Waals surface area contributed by atoms with E-state index in [1.54, 1.807) is 0 Å². The molecule has 0 fully saturated rings. The van der Waals surface area contributed by atoms with Crippen LogP contribution in [0.1, 0.15) is 24.5 Å². The average molecular weight is 298 g/mol. The molecular weight excluding hydrogens is 272 g/mol. The first-order chi connectivity index (χ1) is 10.7. The van der Waals surface area contributed by atoms with E-state index < -0.39 is 0 Å². The maximum atomic E-state index is 5.57. The van der Waals surface area contributed by atoms with Gasteiger partial charge in [0.25, 0.3) is 0 Å². The maximum absolute atomic E-state index is 5.57. The minimum atomic E-state index is 0.770. The van der Waals surface area contributed by atoms with Gasteiger partial charge in [-0.05, 0) is 67.8 Å². The Balaban J connectivity index is 1.73. The van der Waals surface area contributed by atoms with Gasteiger partial charge in [-0.1, -0.05) is 13.0 Å². The van der Waals surface area contributed by atoms with E-state index in [1.807, 2.05) is 12.1 Å². The van der Waals surface area contributed by atoms with Crippen molar-refractivity contribution in [1.82, 2.24) is 0 Å². The predicted octanol–water partition coefficient (Wildman–Crippen LogP) is 4.62. The largest absolute Gasteiger partial charge is 0.494 e. The van der Waals surface area contributed by atoms with Crippen molar-refractivity contribution < 1.29 is 4.74 Å². The van der Waals surface area contributed by atoms with Crippen LogP contribution in [0, 0.1) is 13.8 Å². The van der Waals surface area contributed by atoms with Crippen LogP contribution in [0.25, 0.3) is 0 Å². The fourth-order valence-electron chi connectivity index (χ4n) is 2.15. The number of benzene rings is 2. The zero-order valence-electron chi connectivity index (χ0n) is 13.8. The summed E-state index contributed by atoms with van der Waals surface area (Å²) in [5.41, 5.74) is 4.94. The van der Waals surface area contributed by atoms with Crippen molar-refractivity contribution in [1.29, 1.82) is 0 Å². The molecule has 3 nitrogen and oxygen atoms in total. The van der Waals surface area contributed by atoms with Crippen molar-refractivity contribution in [2.24, 2.45) is 0 Å². The zero-order chi connectivity index (χ0) is 15.8. The van der Waals surface area contributed by atoms with Crippen molar-refractivity contribution in [3.63, 3.8) is 0 Å². The maximum Gasteiger partial charge on any atom is 0.119 e. The molecule has 0 aliphatic rings. The summed E-state index contributed by atoms with van der Waals surface area (Å²) >= 11 is 0. The number of nitrogens with one attached hydrogen (secondary N) is 2. The molecule has 0 atom stereocenters. The Kier molecular flexibility index (Phi) is 6.13. The van der Waals surface area contributed by atoms with E-state index in [1.165, 1.54) is 16.8 Å². The van der Waals surface area contributed by atoms with Gasteiger partial charge in [-0.3, -0.25) is 0 Å². The standard InChI is InChI=1S/C19H26N2O/c1-4-13-22-19-9-7-17(8-10-19)20-11-12-21-18-6-5-15(2)16(3)14-18/h5-10,14,20-21H,4,11-13H2,1-3H3. The predicted molar refractivity (Wildman–Crippen MR) is 95.1 cm³/mol. The molecule has 0 aromatic heterocycles. The lowest BCUT2D eigenvalue weighted by atomic mass is 10.1. The molecule has 0 spiro atoms. The van der Waals surface area contributed by atoms with Gasteiger partial charge in [0.05, 0.1) is 6.61 Å². The third-order valence-electron chi connectivity index (χ3n) is 3.62. The van der Waals surface area contributed by atoms with Crippen LogP contribution < -0.4 is 15.4 Å². The Morgan fingerprint density at radius 1 is 0.818 bits per heavy atom. The van der Waals surface area contributed by atoms with Gasteiger partial charge in [-0.15, -0.1) is 0 Å². The molecule has 0 aliphatic heterocycles. The summed E-state index contributed by atoms with van der Waals surface area (Å²) in [6.07, 6.45) is 1.03. The first kappa shape index (κ1) is 16.2. The van der Waals surface area contributed by atoms with E-state index >= 15 is 0 Å². The van der Waals surface area contributed by atoms with Crippen LogP contribution in [0.15, 0.2) is 42.5 Å². The van der Waals surface area contributed by atoms with Crippen LogP contribution in [-0.2, 0) is 0 Å². The summed E-state index contributed by atoms with van der Waals surface area (Å²) in [6.45, 7) is 8.92. The summed E-state index contributed by atoms with van der Waals surface area (Å²) in [7, 11) is 0. The lowest BCUT2D eigenvalue weighted by Crippen LogP contribution is -2.13. The molecule has 0 saturated carbocycles. The van der Waals surface area contributed by atoms with Gasteiger partial charge in [0, 0.05) is 24.5 Å². The molecule has 0 unspecified atom stereocenters. The van der Waals surface area contributed by atoms with Crippen LogP contribution in [0.2, 0.25) is 0 Å². The molecule has 3 heteroatoms.